The van der Waals surface area contributed by atoms with Crippen molar-refractivity contribution in [3.05, 3.63) is 27.8 Å². The lowest BCUT2D eigenvalue weighted by Gasteiger charge is -2.23. The van der Waals surface area contributed by atoms with Crippen molar-refractivity contribution in [2.24, 2.45) is 0 Å². The smallest absolute Gasteiger partial charge is 0.233 e. The molecule has 1 aromatic heterocycles. The van der Waals surface area contributed by atoms with Gasteiger partial charge < -0.3 is 25.2 Å². The second-order valence-electron chi connectivity index (χ2n) is 7.15. The van der Waals surface area contributed by atoms with Gasteiger partial charge in [0, 0.05) is 22.3 Å². The number of anilines is 4. The molecule has 0 unspecified atom stereocenters. The second kappa shape index (κ2) is 9.66. The molecule has 1 aromatic carbocycles. The van der Waals surface area contributed by atoms with E-state index in [1.807, 2.05) is 12.1 Å². The molecule has 3 N–H and O–H groups in total. The van der Waals surface area contributed by atoms with Crippen LogP contribution in [0.3, 0.4) is 0 Å². The fraction of sp³-hybridized carbons (Fsp3) is 0.526. The van der Waals surface area contributed by atoms with E-state index in [2.05, 4.69) is 65.2 Å². The lowest BCUT2D eigenvalue weighted by molar-refractivity contribution is -0.906. The van der Waals surface area contributed by atoms with Crippen LogP contribution < -0.4 is 20.4 Å². The van der Waals surface area contributed by atoms with Crippen molar-refractivity contribution in [2.75, 3.05) is 68.0 Å². The largest absolute Gasteiger partial charge is 0.370 e. The normalized spacial score (nSPS) is 17.7. The van der Waals surface area contributed by atoms with Gasteiger partial charge in [0.15, 0.2) is 0 Å². The summed E-state index contributed by atoms with van der Waals surface area (Å²) in [4.78, 5) is 17.7. The lowest BCUT2D eigenvalue weighted by atomic mass is 10.3. The van der Waals surface area contributed by atoms with E-state index in [1.165, 1.54) is 16.4 Å². The maximum atomic E-state index is 5.43. The van der Waals surface area contributed by atoms with Crippen LogP contribution in [0.15, 0.2) is 24.3 Å². The van der Waals surface area contributed by atoms with E-state index in [4.69, 9.17) is 4.74 Å². The van der Waals surface area contributed by atoms with Crippen molar-refractivity contribution >= 4 is 46.1 Å². The highest BCUT2D eigenvalue weighted by atomic mass is 127. The molecule has 28 heavy (non-hydrogen) atoms. The minimum Gasteiger partial charge on any atom is -0.370 e. The fourth-order valence-electron chi connectivity index (χ4n) is 3.48. The Kier molecular flexibility index (Phi) is 6.76. The fourth-order valence-corrected chi connectivity index (χ4v) is 3.84. The zero-order valence-corrected chi connectivity index (χ0v) is 18.1. The Morgan fingerprint density at radius 2 is 1.71 bits per heavy atom. The van der Waals surface area contributed by atoms with Crippen LogP contribution in [0, 0.1) is 3.57 Å². The Hall–Kier alpha value is -1.72. The van der Waals surface area contributed by atoms with Gasteiger partial charge in [0.2, 0.25) is 17.8 Å². The number of benzene rings is 1. The molecule has 0 amide bonds. The van der Waals surface area contributed by atoms with Crippen LogP contribution >= 0.6 is 22.6 Å². The molecule has 2 saturated heterocycles. The Bertz CT molecular complexity index is 761. The second-order valence-corrected chi connectivity index (χ2v) is 8.39. The van der Waals surface area contributed by atoms with E-state index >= 15 is 0 Å². The summed E-state index contributed by atoms with van der Waals surface area (Å²) in [6, 6.07) is 8.21. The topological polar surface area (TPSA) is 79.6 Å². The number of ether oxygens (including phenoxy) is 1. The first kappa shape index (κ1) is 19.6. The number of nitrogens with one attached hydrogen (secondary N) is 3. The molecule has 0 saturated carbocycles. The number of halogens is 1. The molecule has 8 nitrogen and oxygen atoms in total. The van der Waals surface area contributed by atoms with Crippen molar-refractivity contribution < 1.29 is 9.64 Å². The number of aromatic nitrogens is 3. The van der Waals surface area contributed by atoms with Crippen molar-refractivity contribution in [3.8, 4) is 0 Å². The zero-order chi connectivity index (χ0) is 19.2. The molecule has 2 fully saturated rings. The van der Waals surface area contributed by atoms with Crippen LogP contribution in [0.2, 0.25) is 0 Å². The van der Waals surface area contributed by atoms with Crippen LogP contribution in [0.25, 0.3) is 0 Å². The lowest BCUT2D eigenvalue weighted by Crippen LogP contribution is -3.14. The molecule has 0 atom stereocenters. The van der Waals surface area contributed by atoms with Crippen molar-refractivity contribution in [1.29, 1.82) is 0 Å². The minimum atomic E-state index is 0.583. The van der Waals surface area contributed by atoms with Crippen LogP contribution in [-0.2, 0) is 4.74 Å². The van der Waals surface area contributed by atoms with Gasteiger partial charge in [-0.05, 0) is 59.7 Å². The molecule has 0 spiro atoms. The summed E-state index contributed by atoms with van der Waals surface area (Å²) in [7, 11) is 0. The van der Waals surface area contributed by atoms with Crippen molar-refractivity contribution in [2.45, 2.75) is 12.8 Å². The van der Waals surface area contributed by atoms with Gasteiger partial charge in [-0.2, -0.15) is 15.0 Å². The van der Waals surface area contributed by atoms with E-state index in [9.17, 15) is 0 Å². The first-order valence-corrected chi connectivity index (χ1v) is 11.0. The molecule has 9 heteroatoms. The quantitative estimate of drug-likeness (QED) is 0.497. The van der Waals surface area contributed by atoms with Crippen LogP contribution in [0.5, 0.6) is 0 Å². The zero-order valence-electron chi connectivity index (χ0n) is 16.0. The number of hydrogen-bond acceptors (Lipinski definition) is 7. The highest BCUT2D eigenvalue weighted by Gasteiger charge is 2.18. The standard InChI is InChI=1S/C19H26IN7O/c20-15-3-5-16(6-4-15)22-18-23-17(21-7-10-26-11-13-28-14-12-26)24-19(25-18)27-8-1-2-9-27/h3-6H,1-2,7-14H2,(H2,21,22,23,24,25)/p+1. The van der Waals surface area contributed by atoms with Crippen molar-refractivity contribution in [1.82, 2.24) is 15.0 Å². The van der Waals surface area contributed by atoms with Crippen molar-refractivity contribution in [3.63, 3.8) is 0 Å². The molecule has 3 heterocycles. The van der Waals surface area contributed by atoms with E-state index < -0.39 is 0 Å². The molecule has 2 aromatic rings. The average Bonchev–Trinajstić information content (AvgIpc) is 3.26. The average molecular weight is 496 g/mol. The molecule has 0 radical (unpaired) electrons. The summed E-state index contributed by atoms with van der Waals surface area (Å²) in [6.45, 7) is 7.72. The van der Waals surface area contributed by atoms with E-state index in [0.29, 0.717) is 11.9 Å². The third kappa shape index (κ3) is 5.42. The molecule has 4 rings (SSSR count). The summed E-state index contributed by atoms with van der Waals surface area (Å²) in [5, 5.41) is 6.72. The van der Waals surface area contributed by atoms with Gasteiger partial charge in [0.05, 0.1) is 26.3 Å². The predicted molar refractivity (Wildman–Crippen MR) is 119 cm³/mol. The number of nitrogens with zero attached hydrogens (tertiary/aromatic N) is 4. The molecule has 0 aliphatic carbocycles. The molecule has 2 aliphatic rings. The molecule has 2 aliphatic heterocycles. The highest BCUT2D eigenvalue weighted by molar-refractivity contribution is 14.1. The Balaban J connectivity index is 1.45. The van der Waals surface area contributed by atoms with Gasteiger partial charge in [-0.15, -0.1) is 0 Å². The van der Waals surface area contributed by atoms with Crippen LogP contribution in [0.1, 0.15) is 12.8 Å². The minimum absolute atomic E-state index is 0.583. The summed E-state index contributed by atoms with van der Waals surface area (Å²) < 4.78 is 6.63. The van der Waals surface area contributed by atoms with Gasteiger partial charge in [0.25, 0.3) is 0 Å². The summed E-state index contributed by atoms with van der Waals surface area (Å²) in [5.74, 6) is 1.97. The van der Waals surface area contributed by atoms with Crippen LogP contribution in [-0.4, -0.2) is 67.4 Å². The Morgan fingerprint density at radius 3 is 2.46 bits per heavy atom. The maximum Gasteiger partial charge on any atom is 0.233 e. The molecular formula is C19H27IN7O+. The SMILES string of the molecule is Ic1ccc(Nc2nc(NCC[NH+]3CCOCC3)nc(N3CCCC3)n2)cc1. The first-order chi connectivity index (χ1) is 13.8. The molecular weight excluding hydrogens is 469 g/mol. The van der Waals surface area contributed by atoms with Gasteiger partial charge in [0.1, 0.15) is 13.1 Å². The maximum absolute atomic E-state index is 5.43. The summed E-state index contributed by atoms with van der Waals surface area (Å²) >= 11 is 2.30. The van der Waals surface area contributed by atoms with Gasteiger partial charge in [-0.1, -0.05) is 0 Å². The number of morpholine rings is 1. The van der Waals surface area contributed by atoms with Gasteiger partial charge >= 0.3 is 0 Å². The monoisotopic (exact) mass is 496 g/mol. The number of quaternary nitrogens is 1. The van der Waals surface area contributed by atoms with Gasteiger partial charge in [-0.3, -0.25) is 0 Å². The number of hydrogen-bond donors (Lipinski definition) is 3. The first-order valence-electron chi connectivity index (χ1n) is 9.95. The van der Waals surface area contributed by atoms with E-state index in [0.717, 1.165) is 64.1 Å². The van der Waals surface area contributed by atoms with Crippen LogP contribution in [0.4, 0.5) is 23.5 Å². The van der Waals surface area contributed by atoms with E-state index in [1.54, 1.807) is 4.90 Å². The van der Waals surface area contributed by atoms with E-state index in [-0.39, 0.29) is 0 Å². The Labute approximate surface area is 179 Å². The summed E-state index contributed by atoms with van der Waals surface area (Å²) in [6.07, 6.45) is 2.38. The molecule has 150 valence electrons. The van der Waals surface area contributed by atoms with Gasteiger partial charge in [-0.25, -0.2) is 0 Å². The Morgan fingerprint density at radius 1 is 1.00 bits per heavy atom. The highest BCUT2D eigenvalue weighted by Crippen LogP contribution is 2.21. The third-order valence-electron chi connectivity index (χ3n) is 5.07. The number of rotatable bonds is 7. The third-order valence-corrected chi connectivity index (χ3v) is 5.79. The molecule has 0 bridgehead atoms. The summed E-state index contributed by atoms with van der Waals surface area (Å²) in [5.41, 5.74) is 0.975. The predicted octanol–water partition coefficient (Wildman–Crippen LogP) is 1.15.